The Bertz CT molecular complexity index is 1190. The maximum atomic E-state index is 12.1. The van der Waals surface area contributed by atoms with E-state index < -0.39 is 0 Å². The summed E-state index contributed by atoms with van der Waals surface area (Å²) in [4.78, 5) is 20.6. The molecule has 3 N–H and O–H groups in total. The lowest BCUT2D eigenvalue weighted by atomic mass is 9.98. The summed E-state index contributed by atoms with van der Waals surface area (Å²) >= 11 is 1.75. The Morgan fingerprint density at radius 2 is 1.87 bits per heavy atom. The summed E-state index contributed by atoms with van der Waals surface area (Å²) in [5.41, 5.74) is 4.08. The van der Waals surface area contributed by atoms with E-state index >= 15 is 0 Å². The van der Waals surface area contributed by atoms with Crippen LogP contribution in [0.1, 0.15) is 33.7 Å². The van der Waals surface area contributed by atoms with Crippen molar-refractivity contribution < 1.29 is 5.11 Å². The Morgan fingerprint density at radius 3 is 2.63 bits per heavy atom. The maximum absolute atomic E-state index is 12.1. The first kappa shape index (κ1) is 20.2. The number of aromatic nitrogens is 2. The van der Waals surface area contributed by atoms with Crippen molar-refractivity contribution >= 4 is 27.4 Å². The van der Waals surface area contributed by atoms with Gasteiger partial charge in [-0.05, 0) is 73.0 Å². The summed E-state index contributed by atoms with van der Waals surface area (Å²) in [7, 11) is 0. The molecule has 0 spiro atoms. The van der Waals surface area contributed by atoms with E-state index in [9.17, 15) is 9.90 Å². The van der Waals surface area contributed by atoms with E-state index in [1.807, 2.05) is 26.0 Å². The number of anilines is 1. The Hall–Kier alpha value is -3.12. The van der Waals surface area contributed by atoms with Gasteiger partial charge in [0.15, 0.2) is 0 Å². The Labute approximate surface area is 179 Å². The molecule has 30 heavy (non-hydrogen) atoms. The molecule has 0 unspecified atom stereocenters. The average molecular weight is 420 g/mol. The third kappa shape index (κ3) is 4.71. The molecule has 2 aromatic carbocycles. The van der Waals surface area contributed by atoms with Crippen LogP contribution in [0.15, 0.2) is 53.3 Å². The number of thiophene rings is 1. The summed E-state index contributed by atoms with van der Waals surface area (Å²) in [6.45, 7) is 4.74. The number of H-pyrrole nitrogens is 1. The fourth-order valence-electron chi connectivity index (χ4n) is 3.84. The number of nitrogens with one attached hydrogen (secondary N) is 2. The van der Waals surface area contributed by atoms with E-state index in [1.54, 1.807) is 29.5 Å². The minimum Gasteiger partial charge on any atom is -0.508 e. The Morgan fingerprint density at radius 1 is 1.10 bits per heavy atom. The van der Waals surface area contributed by atoms with Gasteiger partial charge in [0.05, 0.1) is 0 Å². The lowest BCUT2D eigenvalue weighted by Gasteiger charge is -2.11. The number of aryl methyl sites for hydroxylation is 2. The molecule has 4 aromatic rings. The van der Waals surface area contributed by atoms with Crippen LogP contribution in [-0.2, 0) is 12.8 Å². The highest BCUT2D eigenvalue weighted by Crippen LogP contribution is 2.26. The number of phenolic OH excluding ortho intramolecular Hbond substituents is 1. The normalized spacial score (nSPS) is 11.1. The van der Waals surface area contributed by atoms with Crippen molar-refractivity contribution in [2.45, 2.75) is 33.1 Å². The van der Waals surface area contributed by atoms with Gasteiger partial charge in [-0.25, -0.2) is 0 Å². The molecule has 0 saturated heterocycles. The van der Waals surface area contributed by atoms with E-state index in [4.69, 9.17) is 0 Å². The summed E-state index contributed by atoms with van der Waals surface area (Å²) in [5.74, 6) is 0.821. The second-order valence-electron chi connectivity index (χ2n) is 7.61. The quantitative estimate of drug-likeness (QED) is 0.371. The van der Waals surface area contributed by atoms with Crippen molar-refractivity contribution in [3.05, 3.63) is 86.1 Å². The van der Waals surface area contributed by atoms with E-state index in [0.29, 0.717) is 24.7 Å². The Balaban J connectivity index is 1.39. The van der Waals surface area contributed by atoms with Crippen LogP contribution < -0.4 is 10.9 Å². The van der Waals surface area contributed by atoms with Crippen molar-refractivity contribution in [2.24, 2.45) is 0 Å². The molecule has 0 aliphatic carbocycles. The minimum atomic E-state index is -0.238. The van der Waals surface area contributed by atoms with Crippen molar-refractivity contribution in [3.8, 4) is 5.75 Å². The number of nitrogens with zero attached hydrogens (tertiary/aromatic N) is 1. The van der Waals surface area contributed by atoms with Gasteiger partial charge in [-0.3, -0.25) is 4.79 Å². The summed E-state index contributed by atoms with van der Waals surface area (Å²) < 4.78 is 1.25. The van der Waals surface area contributed by atoms with Crippen LogP contribution in [-0.4, -0.2) is 21.6 Å². The van der Waals surface area contributed by atoms with Crippen molar-refractivity contribution in [3.63, 3.8) is 0 Å². The number of rotatable bonds is 7. The highest BCUT2D eigenvalue weighted by molar-refractivity contribution is 7.19. The molecule has 0 saturated carbocycles. The van der Waals surface area contributed by atoms with Gasteiger partial charge in [0.2, 0.25) is 5.95 Å². The van der Waals surface area contributed by atoms with E-state index in [0.717, 1.165) is 29.7 Å². The van der Waals surface area contributed by atoms with E-state index in [-0.39, 0.29) is 5.56 Å². The van der Waals surface area contributed by atoms with Crippen LogP contribution in [0.2, 0.25) is 0 Å². The number of fused-ring (bicyclic) bond motifs is 1. The molecule has 2 heterocycles. The molecule has 5 nitrogen and oxygen atoms in total. The standard InChI is InChI=1S/C24H25N3O2S/c1-15-10-19(28)11-16(2)21(15)7-5-9-25-24-26-18(14-23(29)27-24)13-20-12-17-6-3-4-8-22(17)30-20/h3-4,6,8,10-12,14,28H,5,7,9,13H2,1-2H3,(H2,25,26,27,29). The molecule has 4 rings (SSSR count). The number of phenols is 1. The first-order valence-electron chi connectivity index (χ1n) is 10.1. The highest BCUT2D eigenvalue weighted by atomic mass is 32.1. The fraction of sp³-hybridized carbons (Fsp3) is 0.250. The van der Waals surface area contributed by atoms with Gasteiger partial charge in [0.25, 0.3) is 5.56 Å². The maximum Gasteiger partial charge on any atom is 0.274 e. The largest absolute Gasteiger partial charge is 0.508 e. The van der Waals surface area contributed by atoms with Crippen LogP contribution in [0.25, 0.3) is 10.1 Å². The van der Waals surface area contributed by atoms with Crippen LogP contribution in [0.5, 0.6) is 5.75 Å². The third-order valence-corrected chi connectivity index (χ3v) is 6.33. The number of aromatic hydroxyl groups is 1. The minimum absolute atomic E-state index is 0.238. The molecular weight excluding hydrogens is 394 g/mol. The van der Waals surface area contributed by atoms with Crippen LogP contribution in [0.4, 0.5) is 5.95 Å². The summed E-state index contributed by atoms with van der Waals surface area (Å²) in [6.07, 6.45) is 2.48. The zero-order chi connectivity index (χ0) is 21.1. The SMILES string of the molecule is Cc1cc(O)cc(C)c1CCCNc1nc(=O)cc(Cc2cc3ccccc3s2)[nH]1. The molecule has 0 amide bonds. The summed E-state index contributed by atoms with van der Waals surface area (Å²) in [5, 5.41) is 14.2. The number of hydrogen-bond acceptors (Lipinski definition) is 5. The molecule has 0 fully saturated rings. The van der Waals surface area contributed by atoms with E-state index in [1.165, 1.54) is 20.5 Å². The topological polar surface area (TPSA) is 78.0 Å². The molecule has 6 heteroatoms. The first-order valence-corrected chi connectivity index (χ1v) is 10.9. The summed E-state index contributed by atoms with van der Waals surface area (Å²) in [6, 6.07) is 15.6. The van der Waals surface area contributed by atoms with Gasteiger partial charge in [0, 0.05) is 34.3 Å². The predicted molar refractivity (Wildman–Crippen MR) is 124 cm³/mol. The van der Waals surface area contributed by atoms with Gasteiger partial charge in [-0.15, -0.1) is 11.3 Å². The first-order chi connectivity index (χ1) is 14.5. The Kier molecular flexibility index (Phi) is 5.86. The molecule has 0 aliphatic heterocycles. The predicted octanol–water partition coefficient (Wildman–Crippen LogP) is 4.94. The second kappa shape index (κ2) is 8.71. The number of hydrogen-bond donors (Lipinski definition) is 3. The molecule has 0 atom stereocenters. The second-order valence-corrected chi connectivity index (χ2v) is 8.78. The lowest BCUT2D eigenvalue weighted by Crippen LogP contribution is -2.15. The fourth-order valence-corrected chi connectivity index (χ4v) is 4.92. The molecular formula is C24H25N3O2S. The van der Waals surface area contributed by atoms with Gasteiger partial charge in [0.1, 0.15) is 5.75 Å². The van der Waals surface area contributed by atoms with Crippen molar-refractivity contribution in [2.75, 3.05) is 11.9 Å². The number of benzene rings is 2. The molecule has 0 bridgehead atoms. The third-order valence-electron chi connectivity index (χ3n) is 5.22. The molecule has 154 valence electrons. The van der Waals surface area contributed by atoms with Crippen molar-refractivity contribution in [1.29, 1.82) is 0 Å². The lowest BCUT2D eigenvalue weighted by molar-refractivity contribution is 0.474. The van der Waals surface area contributed by atoms with Gasteiger partial charge in [-0.2, -0.15) is 4.98 Å². The molecule has 0 radical (unpaired) electrons. The van der Waals surface area contributed by atoms with E-state index in [2.05, 4.69) is 33.5 Å². The van der Waals surface area contributed by atoms with Gasteiger partial charge >= 0.3 is 0 Å². The molecule has 2 aromatic heterocycles. The van der Waals surface area contributed by atoms with Crippen LogP contribution in [0.3, 0.4) is 0 Å². The van der Waals surface area contributed by atoms with Gasteiger partial charge < -0.3 is 15.4 Å². The van der Waals surface area contributed by atoms with Crippen molar-refractivity contribution in [1.82, 2.24) is 9.97 Å². The monoisotopic (exact) mass is 419 g/mol. The highest BCUT2D eigenvalue weighted by Gasteiger charge is 2.07. The zero-order valence-electron chi connectivity index (χ0n) is 17.2. The van der Waals surface area contributed by atoms with Crippen LogP contribution in [0, 0.1) is 13.8 Å². The molecule has 0 aliphatic rings. The smallest absolute Gasteiger partial charge is 0.274 e. The van der Waals surface area contributed by atoms with Crippen LogP contribution >= 0.6 is 11.3 Å². The average Bonchev–Trinajstić information content (AvgIpc) is 3.08. The zero-order valence-corrected chi connectivity index (χ0v) is 18.0. The number of aromatic amines is 1. The van der Waals surface area contributed by atoms with Gasteiger partial charge in [-0.1, -0.05) is 18.2 Å².